The van der Waals surface area contributed by atoms with Gasteiger partial charge in [0.15, 0.2) is 0 Å². The first-order valence-electron chi connectivity index (χ1n) is 16.1. The first-order valence-corrected chi connectivity index (χ1v) is 16.5. The van der Waals surface area contributed by atoms with E-state index in [1.807, 2.05) is 32.2 Å². The van der Waals surface area contributed by atoms with Gasteiger partial charge in [-0.25, -0.2) is 15.4 Å². The van der Waals surface area contributed by atoms with Gasteiger partial charge in [0.05, 0.1) is 17.3 Å². The lowest BCUT2D eigenvalue weighted by atomic mass is 9.81. The Morgan fingerprint density at radius 3 is 2.70 bits per heavy atom. The number of anilines is 2. The quantitative estimate of drug-likeness (QED) is 0.203. The molecule has 3 aromatic rings. The molecule has 248 valence electrons. The van der Waals surface area contributed by atoms with Crippen molar-refractivity contribution in [2.75, 3.05) is 62.7 Å². The largest absolute Gasteiger partial charge is 0.462 e. The summed E-state index contributed by atoms with van der Waals surface area (Å²) in [7, 11) is 1.93. The topological polar surface area (TPSA) is 69.4 Å². The van der Waals surface area contributed by atoms with Gasteiger partial charge < -0.3 is 29.2 Å². The number of likely N-dealkylation sites (N-methyl/N-ethyl adjacent to an activating group) is 1. The summed E-state index contributed by atoms with van der Waals surface area (Å²) in [5.74, 6) is -1.98. The number of piperazine rings is 1. The number of halogens is 3. The Bertz CT molecular complexity index is 1690. The maximum Gasteiger partial charge on any atom is 0.318 e. The summed E-state index contributed by atoms with van der Waals surface area (Å²) in [4.78, 5) is 34.2. The Hall–Kier alpha value is -4.01. The first kappa shape index (κ1) is 32.9. The predicted molar refractivity (Wildman–Crippen MR) is 180 cm³/mol. The molecule has 1 aliphatic carbocycles. The molecule has 0 spiro atoms. The highest BCUT2D eigenvalue weighted by Crippen LogP contribution is 2.43. The third kappa shape index (κ3) is 6.99. The lowest BCUT2D eigenvalue weighted by Gasteiger charge is -2.41. The molecular formula is C35H40ClF2N7O2. The summed E-state index contributed by atoms with van der Waals surface area (Å²) >= 11 is 6.70. The zero-order chi connectivity index (χ0) is 33.3. The average molecular weight is 664 g/mol. The molecule has 2 atom stereocenters. The number of hydrogen-bond donors (Lipinski definition) is 0. The van der Waals surface area contributed by atoms with Gasteiger partial charge in [-0.15, -0.1) is 0 Å². The third-order valence-electron chi connectivity index (χ3n) is 9.66. The van der Waals surface area contributed by atoms with E-state index in [-0.39, 0.29) is 49.3 Å². The zero-order valence-corrected chi connectivity index (χ0v) is 27.6. The number of aromatic nitrogens is 2. The number of amides is 1. The van der Waals surface area contributed by atoms with Crippen molar-refractivity contribution < 1.29 is 18.3 Å². The van der Waals surface area contributed by atoms with Crippen LogP contribution >= 0.6 is 11.6 Å². The number of fused-ring (bicyclic) bond motifs is 2. The van der Waals surface area contributed by atoms with Crippen molar-refractivity contribution in [2.45, 2.75) is 50.7 Å². The van der Waals surface area contributed by atoms with Crippen LogP contribution in [0.4, 0.5) is 20.3 Å². The van der Waals surface area contributed by atoms with Gasteiger partial charge in [0.25, 0.3) is 0 Å². The van der Waals surface area contributed by atoms with Gasteiger partial charge in [0.2, 0.25) is 18.4 Å². The van der Waals surface area contributed by atoms with Crippen molar-refractivity contribution in [1.29, 1.82) is 0 Å². The van der Waals surface area contributed by atoms with E-state index < -0.39 is 5.92 Å². The molecule has 1 amide bonds. The molecule has 0 bridgehead atoms. The van der Waals surface area contributed by atoms with Gasteiger partial charge in [-0.1, -0.05) is 42.4 Å². The molecule has 1 saturated heterocycles. The Morgan fingerprint density at radius 2 is 1.98 bits per heavy atom. The molecule has 2 aromatic carbocycles. The molecule has 12 heteroatoms. The number of hydrogen-bond acceptors (Lipinski definition) is 7. The average Bonchev–Trinajstić information content (AvgIpc) is 3.05. The molecule has 2 aliphatic heterocycles. The minimum atomic E-state index is -2.54. The lowest BCUT2D eigenvalue weighted by molar-refractivity contribution is -0.128. The summed E-state index contributed by atoms with van der Waals surface area (Å²) in [6.07, 6.45) is 1.85. The second-order valence-corrected chi connectivity index (χ2v) is 13.4. The van der Waals surface area contributed by atoms with Crippen LogP contribution in [-0.4, -0.2) is 96.6 Å². The van der Waals surface area contributed by atoms with Crippen LogP contribution in [0, 0.1) is 12.5 Å². The maximum atomic E-state index is 13.4. The normalized spacial score (nSPS) is 20.0. The SMILES string of the molecule is [C-]#[N+]C[C@H]1CN(c2nc(OC[C@@H](C)N(C)CC3CC(F)(F)C3)nc3c2CCN(c2cccc4cccc(Cl)c24)C3)CCN1C(=O)C=C. The highest BCUT2D eigenvalue weighted by atomic mass is 35.5. The summed E-state index contributed by atoms with van der Waals surface area (Å²) < 4.78 is 33.0. The Labute approximate surface area is 279 Å². The molecule has 1 saturated carbocycles. The summed E-state index contributed by atoms with van der Waals surface area (Å²) in [5.41, 5.74) is 2.91. The standard InChI is InChI=1S/C35H40ClF2N7O2/c1-5-31(46)45-15-14-44(20-26(45)18-39-3)33-27-12-13-43(30-11-7-9-25-8-6-10-28(36)32(25)30)21-29(27)40-34(41-33)47-22-23(2)42(4)19-24-16-35(37,38)17-24/h5-11,23-24,26H,1,12-22H2,2,4H3/t23-,26+/m1/s1. The molecular weight excluding hydrogens is 624 g/mol. The zero-order valence-electron chi connectivity index (χ0n) is 26.8. The number of rotatable bonds is 10. The van der Waals surface area contributed by atoms with Crippen molar-refractivity contribution in [3.05, 3.63) is 76.8 Å². The van der Waals surface area contributed by atoms with Gasteiger partial charge in [-0.05, 0) is 49.9 Å². The molecule has 0 radical (unpaired) electrons. The minimum absolute atomic E-state index is 0.0207. The molecule has 6 rings (SSSR count). The van der Waals surface area contributed by atoms with Crippen molar-refractivity contribution in [3.8, 4) is 6.01 Å². The highest BCUT2D eigenvalue weighted by Gasteiger charge is 2.45. The van der Waals surface area contributed by atoms with E-state index in [2.05, 4.69) is 44.3 Å². The van der Waals surface area contributed by atoms with Crippen LogP contribution in [0.25, 0.3) is 15.6 Å². The van der Waals surface area contributed by atoms with Crippen LogP contribution < -0.4 is 14.5 Å². The summed E-state index contributed by atoms with van der Waals surface area (Å²) in [6, 6.07) is 12.0. The van der Waals surface area contributed by atoms with Gasteiger partial charge in [-0.2, -0.15) is 9.97 Å². The third-order valence-corrected chi connectivity index (χ3v) is 9.98. The molecule has 0 unspecified atom stereocenters. The smallest absolute Gasteiger partial charge is 0.318 e. The van der Waals surface area contributed by atoms with E-state index in [4.69, 9.17) is 32.9 Å². The Balaban J connectivity index is 1.28. The van der Waals surface area contributed by atoms with E-state index in [0.29, 0.717) is 50.8 Å². The number of ether oxygens (including phenoxy) is 1. The first-order chi connectivity index (χ1) is 22.6. The van der Waals surface area contributed by atoms with Crippen molar-refractivity contribution in [3.63, 3.8) is 0 Å². The van der Waals surface area contributed by atoms with Crippen molar-refractivity contribution >= 4 is 39.8 Å². The number of nitrogens with zero attached hydrogens (tertiary/aromatic N) is 7. The fourth-order valence-corrected chi connectivity index (χ4v) is 7.28. The number of benzene rings is 2. The van der Waals surface area contributed by atoms with Crippen LogP contribution in [-0.2, 0) is 17.8 Å². The number of alkyl halides is 2. The van der Waals surface area contributed by atoms with E-state index in [9.17, 15) is 13.6 Å². The predicted octanol–water partition coefficient (Wildman–Crippen LogP) is 5.71. The molecule has 1 aromatic heterocycles. The van der Waals surface area contributed by atoms with Crippen LogP contribution in [0.15, 0.2) is 49.1 Å². The van der Waals surface area contributed by atoms with Gasteiger partial charge in [0, 0.05) is 68.2 Å². The van der Waals surface area contributed by atoms with E-state index in [0.717, 1.165) is 40.1 Å². The fourth-order valence-electron chi connectivity index (χ4n) is 7.00. The van der Waals surface area contributed by atoms with Crippen molar-refractivity contribution in [1.82, 2.24) is 19.8 Å². The lowest BCUT2D eigenvalue weighted by Crippen LogP contribution is -2.56. The maximum absolute atomic E-state index is 13.4. The summed E-state index contributed by atoms with van der Waals surface area (Å²) in [6.45, 7) is 16.9. The fraction of sp³-hybridized carbons (Fsp3) is 0.486. The van der Waals surface area contributed by atoms with Crippen LogP contribution in [0.5, 0.6) is 6.01 Å². The van der Waals surface area contributed by atoms with E-state index >= 15 is 0 Å². The van der Waals surface area contributed by atoms with Crippen molar-refractivity contribution in [2.24, 2.45) is 5.92 Å². The summed E-state index contributed by atoms with van der Waals surface area (Å²) in [5, 5.41) is 2.75. The molecule has 3 heterocycles. The van der Waals surface area contributed by atoms with E-state index in [1.54, 1.807) is 4.90 Å². The molecule has 9 nitrogen and oxygen atoms in total. The van der Waals surface area contributed by atoms with Crippen LogP contribution in [0.2, 0.25) is 5.02 Å². The van der Waals surface area contributed by atoms with Crippen LogP contribution in [0.1, 0.15) is 31.0 Å². The number of carbonyl (C=O) groups excluding carboxylic acids is 1. The second kappa shape index (κ2) is 13.6. The molecule has 47 heavy (non-hydrogen) atoms. The Kier molecular flexibility index (Phi) is 9.53. The van der Waals surface area contributed by atoms with E-state index in [1.165, 1.54) is 6.08 Å². The molecule has 2 fully saturated rings. The number of carbonyl (C=O) groups is 1. The minimum Gasteiger partial charge on any atom is -0.462 e. The monoisotopic (exact) mass is 663 g/mol. The second-order valence-electron chi connectivity index (χ2n) is 12.9. The van der Waals surface area contributed by atoms with Gasteiger partial charge in [0.1, 0.15) is 18.5 Å². The van der Waals surface area contributed by atoms with Gasteiger partial charge in [-0.3, -0.25) is 4.79 Å². The van der Waals surface area contributed by atoms with Crippen LogP contribution in [0.3, 0.4) is 0 Å². The molecule has 0 N–H and O–H groups in total. The van der Waals surface area contributed by atoms with Gasteiger partial charge >= 0.3 is 6.01 Å². The Morgan fingerprint density at radius 1 is 1.21 bits per heavy atom. The highest BCUT2D eigenvalue weighted by molar-refractivity contribution is 6.36. The molecule has 3 aliphatic rings.